The molecule has 0 radical (unpaired) electrons. The van der Waals surface area contributed by atoms with Crippen molar-refractivity contribution in [2.75, 3.05) is 29.6 Å². The maximum Gasteiger partial charge on any atom is 0.337 e. The fourth-order valence-corrected chi connectivity index (χ4v) is 3.46. The average Bonchev–Trinajstić information content (AvgIpc) is 3.26. The third-order valence-corrected chi connectivity index (χ3v) is 7.23. The van der Waals surface area contributed by atoms with Gasteiger partial charge in [-0.1, -0.05) is 27.7 Å². The van der Waals surface area contributed by atoms with Crippen LogP contribution in [0.3, 0.4) is 0 Å². The number of nitrogen functional groups attached to an aromatic ring is 4. The standard InChI is InChI=1S/C13H17N3O2.C9H11N3O.C8H9NO2.C7H9N3O.C4H7ClO.C2H4O.HI/c1-4-14-16-13(18)10-5-7-11(8-6-10)15-12(17)9(2)3;1-2-11-12-9(13)7-3-5-8(10)6-4-7;1-11-8(10)6-2-4-7(9)5-3-6;8-6-3-1-5(2-4-6)7(11)10-9;1-3(2)4(5)6;1-2-3;/h4-9H,1-3H3,(H,15,17)(H,16,18);2-6H,10H2,1H3,(H,12,13);2-5H,9H2,1H3;1-4H,8-9H2,(H,10,11);3H,1-2H3;2H,1H3;1H/b14-4+;11-2+;;;;;. The minimum atomic E-state index is -0.343. The molecule has 4 aromatic rings. The summed E-state index contributed by atoms with van der Waals surface area (Å²) in [6.07, 6.45) is 3.75. The third-order valence-electron chi connectivity index (χ3n) is 6.79. The van der Waals surface area contributed by atoms with Crippen LogP contribution in [0.1, 0.15) is 89.9 Å². The Labute approximate surface area is 390 Å². The molecule has 342 valence electrons. The maximum absolute atomic E-state index is 11.5. The van der Waals surface area contributed by atoms with Gasteiger partial charge in [0.2, 0.25) is 11.1 Å². The topological polar surface area (TPSA) is 306 Å². The summed E-state index contributed by atoms with van der Waals surface area (Å²) >= 11 is 4.97. The Morgan fingerprint density at radius 1 is 0.587 bits per heavy atom. The van der Waals surface area contributed by atoms with Crippen molar-refractivity contribution in [1.29, 1.82) is 0 Å². The summed E-state index contributed by atoms with van der Waals surface area (Å²) in [7, 11) is 1.35. The van der Waals surface area contributed by atoms with Crippen LogP contribution in [0.25, 0.3) is 0 Å². The number of carbonyl (C=O) groups excluding carboxylic acids is 7. The van der Waals surface area contributed by atoms with Crippen molar-refractivity contribution >= 4 is 112 Å². The van der Waals surface area contributed by atoms with Gasteiger partial charge in [0.25, 0.3) is 17.7 Å². The number of anilines is 4. The molecule has 0 aliphatic heterocycles. The lowest BCUT2D eigenvalue weighted by Gasteiger charge is -2.08. The maximum atomic E-state index is 11.5. The molecule has 0 saturated heterocycles. The van der Waals surface area contributed by atoms with Gasteiger partial charge in [-0.05, 0) is 129 Å². The molecule has 0 aliphatic carbocycles. The Balaban J connectivity index is -0.000000722. The van der Waals surface area contributed by atoms with Gasteiger partial charge < -0.3 is 32.0 Å². The SMILES string of the molecule is C/C=N/NC(=O)c1ccc(N)cc1.C/C=N/NC(=O)c1ccc(NC(=O)C(C)C)cc1.CC(C)C(=O)Cl.CC=O.COC(=O)c1ccc(N)cc1.I.NNC(=O)c1ccc(N)cc1. The van der Waals surface area contributed by atoms with Crippen LogP contribution in [0.15, 0.2) is 107 Å². The summed E-state index contributed by atoms with van der Waals surface area (Å²) in [5, 5.41) is 9.74. The zero-order chi connectivity index (χ0) is 47.6. The van der Waals surface area contributed by atoms with E-state index in [1.807, 2.05) is 19.3 Å². The lowest BCUT2D eigenvalue weighted by molar-refractivity contribution is -0.119. The first-order valence-corrected chi connectivity index (χ1v) is 18.9. The number of amides is 4. The number of methoxy groups -OCH3 is 1. The molecule has 0 saturated carbocycles. The van der Waals surface area contributed by atoms with Gasteiger partial charge in [-0.25, -0.2) is 21.5 Å². The summed E-state index contributed by atoms with van der Waals surface area (Å²) < 4.78 is 4.50. The molecule has 0 atom stereocenters. The van der Waals surface area contributed by atoms with Gasteiger partial charge in [0.1, 0.15) is 6.29 Å². The number of esters is 1. The summed E-state index contributed by atoms with van der Waals surface area (Å²) in [5.74, 6) is 3.58. The molecule has 18 nitrogen and oxygen atoms in total. The zero-order valence-corrected chi connectivity index (χ0v) is 39.5. The second kappa shape index (κ2) is 36.0. The lowest BCUT2D eigenvalue weighted by Crippen LogP contribution is -2.29. The van der Waals surface area contributed by atoms with Gasteiger partial charge in [0.15, 0.2) is 0 Å². The number of nitrogens with two attached hydrogens (primary N) is 4. The molecule has 12 N–H and O–H groups in total. The van der Waals surface area contributed by atoms with E-state index < -0.39 is 0 Å². The average molecular weight is 1010 g/mol. The fraction of sp³-hybridized carbons (Fsp3) is 0.233. The van der Waals surface area contributed by atoms with Gasteiger partial charge in [-0.3, -0.25) is 29.4 Å². The van der Waals surface area contributed by atoms with E-state index in [1.165, 1.54) is 26.5 Å². The van der Waals surface area contributed by atoms with Crippen molar-refractivity contribution in [1.82, 2.24) is 16.3 Å². The van der Waals surface area contributed by atoms with E-state index in [2.05, 4.69) is 31.1 Å². The minimum Gasteiger partial charge on any atom is -0.465 e. The number of rotatable bonds is 9. The van der Waals surface area contributed by atoms with Crippen molar-refractivity contribution in [3.05, 3.63) is 119 Å². The van der Waals surface area contributed by atoms with Crippen LogP contribution in [0, 0.1) is 11.8 Å². The molecule has 0 spiro atoms. The predicted octanol–water partition coefficient (Wildman–Crippen LogP) is 6.18. The molecule has 20 heteroatoms. The molecule has 0 aromatic heterocycles. The molecule has 0 aliphatic rings. The highest BCUT2D eigenvalue weighted by atomic mass is 127. The van der Waals surface area contributed by atoms with Crippen molar-refractivity contribution in [2.24, 2.45) is 27.9 Å². The number of hydrazone groups is 2. The highest BCUT2D eigenvalue weighted by molar-refractivity contribution is 14.0. The van der Waals surface area contributed by atoms with Gasteiger partial charge >= 0.3 is 5.97 Å². The van der Waals surface area contributed by atoms with Crippen molar-refractivity contribution in [3.63, 3.8) is 0 Å². The van der Waals surface area contributed by atoms with E-state index in [0.717, 1.165) is 6.29 Å². The Bertz CT molecular complexity index is 1970. The molecule has 4 amide bonds. The summed E-state index contributed by atoms with van der Waals surface area (Å²) in [6.45, 7) is 12.0. The van der Waals surface area contributed by atoms with E-state index in [9.17, 15) is 28.8 Å². The van der Waals surface area contributed by atoms with Crippen LogP contribution in [0.4, 0.5) is 22.7 Å². The Hall–Kier alpha value is -6.71. The normalized spacial score (nSPS) is 9.46. The molecule has 4 aromatic carbocycles. The molecule has 4 rings (SSSR count). The van der Waals surface area contributed by atoms with Gasteiger partial charge in [-0.2, -0.15) is 10.2 Å². The molecule has 0 fully saturated rings. The number of ether oxygens (including phenoxy) is 1. The number of nitrogens with zero attached hydrogens (tertiary/aromatic N) is 2. The number of halogens is 2. The lowest BCUT2D eigenvalue weighted by atomic mass is 10.1. The predicted molar refractivity (Wildman–Crippen MR) is 262 cm³/mol. The fourth-order valence-electron chi connectivity index (χ4n) is 3.46. The number of hydrogen-bond acceptors (Lipinski definition) is 14. The molecule has 63 heavy (non-hydrogen) atoms. The Morgan fingerprint density at radius 2 is 0.889 bits per heavy atom. The zero-order valence-electron chi connectivity index (χ0n) is 36.4. The second-order valence-corrected chi connectivity index (χ2v) is 12.8. The highest BCUT2D eigenvalue weighted by Crippen LogP contribution is 2.11. The van der Waals surface area contributed by atoms with Crippen molar-refractivity contribution in [2.45, 2.75) is 48.5 Å². The number of carbonyl (C=O) groups is 7. The van der Waals surface area contributed by atoms with E-state index in [0.29, 0.717) is 45.0 Å². The summed E-state index contributed by atoms with van der Waals surface area (Å²) in [6, 6.07) is 26.4. The largest absolute Gasteiger partial charge is 0.465 e. The molecule has 0 unspecified atom stereocenters. The van der Waals surface area contributed by atoms with E-state index >= 15 is 0 Å². The smallest absolute Gasteiger partial charge is 0.337 e. The second-order valence-electron chi connectivity index (χ2n) is 12.4. The van der Waals surface area contributed by atoms with Gasteiger partial charge in [-0.15, -0.1) is 24.0 Å². The number of hydrazine groups is 1. The van der Waals surface area contributed by atoms with E-state index in [4.69, 9.17) is 39.4 Å². The van der Waals surface area contributed by atoms with Crippen molar-refractivity contribution in [3.8, 4) is 0 Å². The van der Waals surface area contributed by atoms with Crippen molar-refractivity contribution < 1.29 is 38.3 Å². The van der Waals surface area contributed by atoms with E-state index in [1.54, 1.807) is 125 Å². The number of nitrogens with one attached hydrogen (secondary N) is 4. The van der Waals surface area contributed by atoms with Crippen LogP contribution in [0.2, 0.25) is 0 Å². The van der Waals surface area contributed by atoms with Gasteiger partial charge in [0, 0.05) is 63.7 Å². The first kappa shape index (κ1) is 60.6. The van der Waals surface area contributed by atoms with Crippen LogP contribution in [0.5, 0.6) is 0 Å². The number of hydrogen-bond donors (Lipinski definition) is 8. The third kappa shape index (κ3) is 29.2. The number of aldehydes is 1. The first-order chi connectivity index (χ1) is 29.3. The summed E-state index contributed by atoms with van der Waals surface area (Å²) in [5.41, 5.74) is 27.6. The van der Waals surface area contributed by atoms with Gasteiger partial charge in [0.05, 0.1) is 12.7 Å². The molecular formula is C43H58ClIN10O8. The molecule has 0 heterocycles. The highest BCUT2D eigenvalue weighted by Gasteiger charge is 2.09. The van der Waals surface area contributed by atoms with E-state index in [-0.39, 0.29) is 70.7 Å². The van der Waals surface area contributed by atoms with Crippen LogP contribution in [-0.2, 0) is 19.1 Å². The summed E-state index contributed by atoms with van der Waals surface area (Å²) in [4.78, 5) is 74.7. The molecular weight excluding hydrogens is 947 g/mol. The Kier molecular flexibility index (Phi) is 34.6. The monoisotopic (exact) mass is 1000 g/mol. The van der Waals surface area contributed by atoms with Crippen LogP contribution in [-0.4, -0.2) is 60.7 Å². The molecule has 0 bridgehead atoms. The number of benzene rings is 4. The quantitative estimate of drug-likeness (QED) is 0.0107. The van der Waals surface area contributed by atoms with Crippen LogP contribution < -0.4 is 44.6 Å². The van der Waals surface area contributed by atoms with Crippen LogP contribution >= 0.6 is 35.6 Å². The Morgan fingerprint density at radius 3 is 1.16 bits per heavy atom. The first-order valence-electron chi connectivity index (χ1n) is 18.5. The minimum absolute atomic E-state index is 0.